The van der Waals surface area contributed by atoms with E-state index in [2.05, 4.69) is 26.2 Å². The molecule has 3 aromatic rings. The first kappa shape index (κ1) is 17.4. The summed E-state index contributed by atoms with van der Waals surface area (Å²) in [6.07, 6.45) is 2.52. The highest BCUT2D eigenvalue weighted by Gasteiger charge is 2.12. The maximum Gasteiger partial charge on any atom is 0.220 e. The standard InChI is InChI=1S/C20H19BrN2O2/c1-14(15-7-9-17(21)10-8-15)23-19(24)11-12-20-22-13-18(25-20)16-5-3-2-4-6-16/h2-10,13-14H,11-12H2,1H3,(H,23,24). The molecule has 0 fully saturated rings. The molecule has 128 valence electrons. The maximum absolute atomic E-state index is 12.2. The highest BCUT2D eigenvalue weighted by molar-refractivity contribution is 9.10. The number of oxazole rings is 1. The van der Waals surface area contributed by atoms with Crippen molar-refractivity contribution in [2.45, 2.75) is 25.8 Å². The van der Waals surface area contributed by atoms with Gasteiger partial charge in [-0.05, 0) is 24.6 Å². The van der Waals surface area contributed by atoms with Gasteiger partial charge in [0, 0.05) is 22.9 Å². The molecule has 0 aliphatic heterocycles. The Morgan fingerprint density at radius 1 is 1.16 bits per heavy atom. The molecular weight excluding hydrogens is 380 g/mol. The molecule has 0 aliphatic rings. The van der Waals surface area contributed by atoms with Crippen LogP contribution in [0.4, 0.5) is 0 Å². The van der Waals surface area contributed by atoms with Crippen LogP contribution in [-0.4, -0.2) is 10.9 Å². The lowest BCUT2D eigenvalue weighted by atomic mass is 10.1. The Balaban J connectivity index is 1.52. The van der Waals surface area contributed by atoms with Crippen LogP contribution in [0.15, 0.2) is 69.7 Å². The highest BCUT2D eigenvalue weighted by Crippen LogP contribution is 2.20. The zero-order valence-electron chi connectivity index (χ0n) is 13.9. The number of amides is 1. The smallest absolute Gasteiger partial charge is 0.220 e. The van der Waals surface area contributed by atoms with E-state index in [0.717, 1.165) is 21.4 Å². The van der Waals surface area contributed by atoms with E-state index >= 15 is 0 Å². The number of nitrogens with one attached hydrogen (secondary N) is 1. The van der Waals surface area contributed by atoms with Crippen LogP contribution in [0.2, 0.25) is 0 Å². The van der Waals surface area contributed by atoms with Crippen molar-refractivity contribution in [3.8, 4) is 11.3 Å². The molecule has 1 N–H and O–H groups in total. The van der Waals surface area contributed by atoms with E-state index in [0.29, 0.717) is 18.7 Å². The molecule has 4 nitrogen and oxygen atoms in total. The summed E-state index contributed by atoms with van der Waals surface area (Å²) in [5, 5.41) is 3.00. The highest BCUT2D eigenvalue weighted by atomic mass is 79.9. The first-order valence-corrected chi connectivity index (χ1v) is 8.96. The van der Waals surface area contributed by atoms with Crippen LogP contribution in [-0.2, 0) is 11.2 Å². The number of carbonyl (C=O) groups is 1. The maximum atomic E-state index is 12.2. The molecule has 5 heteroatoms. The number of hydrogen-bond donors (Lipinski definition) is 1. The van der Waals surface area contributed by atoms with Crippen LogP contribution >= 0.6 is 15.9 Å². The molecule has 0 bridgehead atoms. The number of aromatic nitrogens is 1. The quantitative estimate of drug-likeness (QED) is 0.641. The van der Waals surface area contributed by atoms with Crippen LogP contribution in [0.5, 0.6) is 0 Å². The molecular formula is C20H19BrN2O2. The normalized spacial score (nSPS) is 11.9. The molecule has 25 heavy (non-hydrogen) atoms. The average molecular weight is 399 g/mol. The van der Waals surface area contributed by atoms with Gasteiger partial charge in [0.15, 0.2) is 11.7 Å². The van der Waals surface area contributed by atoms with E-state index < -0.39 is 0 Å². The minimum Gasteiger partial charge on any atom is -0.441 e. The van der Waals surface area contributed by atoms with Crippen molar-refractivity contribution in [3.05, 3.63) is 76.7 Å². The van der Waals surface area contributed by atoms with E-state index in [1.807, 2.05) is 61.5 Å². The Bertz CT molecular complexity index is 828. The lowest BCUT2D eigenvalue weighted by Crippen LogP contribution is -2.26. The van der Waals surface area contributed by atoms with Gasteiger partial charge in [0.1, 0.15) is 0 Å². The molecule has 1 unspecified atom stereocenters. The summed E-state index contributed by atoms with van der Waals surface area (Å²) in [5.74, 6) is 1.28. The second-order valence-electron chi connectivity index (χ2n) is 5.83. The summed E-state index contributed by atoms with van der Waals surface area (Å²) in [4.78, 5) is 16.4. The molecule has 1 heterocycles. The average Bonchev–Trinajstić information content (AvgIpc) is 3.10. The van der Waals surface area contributed by atoms with Gasteiger partial charge < -0.3 is 9.73 Å². The lowest BCUT2D eigenvalue weighted by Gasteiger charge is -2.14. The zero-order chi connectivity index (χ0) is 17.6. The molecule has 0 radical (unpaired) electrons. The Morgan fingerprint density at radius 3 is 2.60 bits per heavy atom. The fourth-order valence-corrected chi connectivity index (χ4v) is 2.79. The van der Waals surface area contributed by atoms with Gasteiger partial charge in [-0.15, -0.1) is 0 Å². The third kappa shape index (κ3) is 4.79. The number of rotatable bonds is 6. The van der Waals surface area contributed by atoms with E-state index in [-0.39, 0.29) is 11.9 Å². The second-order valence-corrected chi connectivity index (χ2v) is 6.74. The fraction of sp³-hybridized carbons (Fsp3) is 0.200. The molecule has 3 rings (SSSR count). The Morgan fingerprint density at radius 2 is 1.88 bits per heavy atom. The van der Waals surface area contributed by atoms with Crippen molar-refractivity contribution in [1.29, 1.82) is 0 Å². The van der Waals surface area contributed by atoms with Gasteiger partial charge in [-0.2, -0.15) is 0 Å². The SMILES string of the molecule is CC(NC(=O)CCc1ncc(-c2ccccc2)o1)c1ccc(Br)cc1. The molecule has 0 aliphatic carbocycles. The minimum atomic E-state index is -0.0370. The summed E-state index contributed by atoms with van der Waals surface area (Å²) >= 11 is 3.41. The molecule has 1 atom stereocenters. The number of halogens is 1. The van der Waals surface area contributed by atoms with Crippen LogP contribution in [0.25, 0.3) is 11.3 Å². The largest absolute Gasteiger partial charge is 0.441 e. The lowest BCUT2D eigenvalue weighted by molar-refractivity contribution is -0.121. The summed E-state index contributed by atoms with van der Waals surface area (Å²) < 4.78 is 6.75. The first-order valence-electron chi connectivity index (χ1n) is 8.17. The molecule has 0 spiro atoms. The summed E-state index contributed by atoms with van der Waals surface area (Å²) in [6, 6.07) is 17.7. The Kier molecular flexibility index (Phi) is 5.66. The van der Waals surface area contributed by atoms with E-state index in [4.69, 9.17) is 4.42 Å². The van der Waals surface area contributed by atoms with Crippen LogP contribution in [0.1, 0.15) is 30.8 Å². The van der Waals surface area contributed by atoms with Gasteiger partial charge in [0.2, 0.25) is 5.91 Å². The molecule has 0 saturated carbocycles. The number of hydrogen-bond acceptors (Lipinski definition) is 3. The number of aryl methyl sites for hydroxylation is 1. The van der Waals surface area contributed by atoms with Gasteiger partial charge in [-0.3, -0.25) is 4.79 Å². The predicted octanol–water partition coefficient (Wildman–Crippen LogP) is 4.91. The zero-order valence-corrected chi connectivity index (χ0v) is 15.5. The van der Waals surface area contributed by atoms with Crippen molar-refractivity contribution < 1.29 is 9.21 Å². The van der Waals surface area contributed by atoms with Crippen molar-refractivity contribution in [3.63, 3.8) is 0 Å². The van der Waals surface area contributed by atoms with Crippen LogP contribution < -0.4 is 5.32 Å². The van der Waals surface area contributed by atoms with Crippen molar-refractivity contribution >= 4 is 21.8 Å². The summed E-state index contributed by atoms with van der Waals surface area (Å²) in [6.45, 7) is 1.97. The minimum absolute atomic E-state index is 0.0186. The molecule has 0 saturated heterocycles. The molecule has 1 aromatic heterocycles. The van der Waals surface area contributed by atoms with Crippen LogP contribution in [0, 0.1) is 0 Å². The summed E-state index contributed by atoms with van der Waals surface area (Å²) in [5.41, 5.74) is 2.05. The van der Waals surface area contributed by atoms with Gasteiger partial charge >= 0.3 is 0 Å². The fourth-order valence-electron chi connectivity index (χ4n) is 2.53. The third-order valence-corrected chi connectivity index (χ3v) is 4.45. The van der Waals surface area contributed by atoms with Crippen molar-refractivity contribution in [1.82, 2.24) is 10.3 Å². The third-order valence-electron chi connectivity index (χ3n) is 3.93. The monoisotopic (exact) mass is 398 g/mol. The second kappa shape index (κ2) is 8.12. The number of carbonyl (C=O) groups excluding carboxylic acids is 1. The first-order chi connectivity index (χ1) is 12.1. The Labute approximate surface area is 155 Å². The van der Waals surface area contributed by atoms with Gasteiger partial charge in [-0.25, -0.2) is 4.98 Å². The molecule has 1 amide bonds. The van der Waals surface area contributed by atoms with Crippen LogP contribution in [0.3, 0.4) is 0 Å². The van der Waals surface area contributed by atoms with Gasteiger partial charge in [0.25, 0.3) is 0 Å². The topological polar surface area (TPSA) is 55.1 Å². The van der Waals surface area contributed by atoms with E-state index in [1.54, 1.807) is 6.20 Å². The van der Waals surface area contributed by atoms with Crippen molar-refractivity contribution in [2.24, 2.45) is 0 Å². The summed E-state index contributed by atoms with van der Waals surface area (Å²) in [7, 11) is 0. The predicted molar refractivity (Wildman–Crippen MR) is 101 cm³/mol. The van der Waals surface area contributed by atoms with Crippen molar-refractivity contribution in [2.75, 3.05) is 0 Å². The number of benzene rings is 2. The molecule has 2 aromatic carbocycles. The Hall–Kier alpha value is -2.40. The van der Waals surface area contributed by atoms with E-state index in [9.17, 15) is 4.79 Å². The van der Waals surface area contributed by atoms with E-state index in [1.165, 1.54) is 0 Å². The van der Waals surface area contributed by atoms with Gasteiger partial charge in [0.05, 0.1) is 12.2 Å². The van der Waals surface area contributed by atoms with Gasteiger partial charge in [-0.1, -0.05) is 58.4 Å². The number of nitrogens with zero attached hydrogens (tertiary/aromatic N) is 1.